The van der Waals surface area contributed by atoms with Gasteiger partial charge in [0.05, 0.1) is 27.9 Å². The maximum Gasteiger partial charge on any atom is 0.216 e. The largest absolute Gasteiger partial charge is 0.475 e. The Kier molecular flexibility index (Phi) is 7.94. The van der Waals surface area contributed by atoms with Crippen LogP contribution in [0.1, 0.15) is 120 Å². The zero-order valence-corrected chi connectivity index (χ0v) is 33.5. The van der Waals surface area contributed by atoms with E-state index in [0.29, 0.717) is 18.4 Å². The molecule has 54 heavy (non-hydrogen) atoms. The van der Waals surface area contributed by atoms with Gasteiger partial charge in [0.1, 0.15) is 12.4 Å². The average molecular weight is 715 g/mol. The molecule has 1 atom stereocenters. The molecule has 4 aromatic carbocycles. The van der Waals surface area contributed by atoms with Crippen molar-refractivity contribution in [2.24, 2.45) is 10.9 Å². The molecule has 3 aliphatic rings. The van der Waals surface area contributed by atoms with Gasteiger partial charge in [-0.15, -0.1) is 0 Å². The summed E-state index contributed by atoms with van der Waals surface area (Å²) in [6.07, 6.45) is 7.05. The van der Waals surface area contributed by atoms with Gasteiger partial charge in [-0.3, -0.25) is 4.57 Å². The number of hydrogen-bond acceptors (Lipinski definition) is 4. The van der Waals surface area contributed by atoms with E-state index in [0.717, 1.165) is 28.5 Å². The van der Waals surface area contributed by atoms with Crippen molar-refractivity contribution in [2.45, 2.75) is 110 Å². The smallest absolute Gasteiger partial charge is 0.216 e. The molecule has 1 saturated carbocycles. The maximum absolute atomic E-state index is 6.54. The van der Waals surface area contributed by atoms with Crippen LogP contribution in [-0.2, 0) is 15.6 Å². The molecule has 6 aromatic rings. The summed E-state index contributed by atoms with van der Waals surface area (Å²) in [6, 6.07) is 32.2. The third-order valence-electron chi connectivity index (χ3n) is 12.8. The van der Waals surface area contributed by atoms with Gasteiger partial charge in [-0.25, -0.2) is 9.98 Å². The lowest BCUT2D eigenvalue weighted by Gasteiger charge is -2.42. The monoisotopic (exact) mass is 714 g/mol. The van der Waals surface area contributed by atoms with Crippen molar-refractivity contribution in [3.8, 4) is 5.82 Å². The van der Waals surface area contributed by atoms with Crippen molar-refractivity contribution in [3.05, 3.63) is 125 Å². The molecule has 0 spiro atoms. The summed E-state index contributed by atoms with van der Waals surface area (Å²) in [6.45, 7) is 21.3. The first-order chi connectivity index (χ1) is 25.7. The minimum absolute atomic E-state index is 0.00224. The van der Waals surface area contributed by atoms with Crippen molar-refractivity contribution >= 4 is 44.8 Å². The van der Waals surface area contributed by atoms with E-state index in [1.165, 1.54) is 81.2 Å². The first kappa shape index (κ1) is 34.8. The van der Waals surface area contributed by atoms with E-state index in [-0.39, 0.29) is 16.4 Å². The van der Waals surface area contributed by atoms with Gasteiger partial charge in [-0.05, 0) is 127 Å². The van der Waals surface area contributed by atoms with Crippen LogP contribution in [0.25, 0.3) is 27.6 Å². The number of pyridine rings is 1. The Hall–Kier alpha value is -4.90. The van der Waals surface area contributed by atoms with E-state index in [1.54, 1.807) is 0 Å². The Labute approximate surface area is 321 Å². The highest BCUT2D eigenvalue weighted by atomic mass is 16.5. The molecule has 1 fully saturated rings. The second kappa shape index (κ2) is 12.3. The van der Waals surface area contributed by atoms with Crippen LogP contribution in [0.15, 0.2) is 96.1 Å². The van der Waals surface area contributed by atoms with Crippen molar-refractivity contribution < 1.29 is 4.74 Å². The standard InChI is InChI=1S/C49H54N4O/c1-30(2)32-23-33(46-51-49(9,29-54-46)34-14-10-11-15-34)25-36(24-32)52-42-17-13-12-16-39(42)48(7,8)40-27-38-37-22-31(3)18-19-41(37)53(43(38)28-44(40)52)45-26-35(20-21-50-45)47(4,5)6/h12-13,16-28,30,34H,10-11,14-15,29H2,1-9H3/t49-/m0/s1. The van der Waals surface area contributed by atoms with Gasteiger partial charge in [-0.2, -0.15) is 0 Å². The quantitative estimate of drug-likeness (QED) is 0.179. The summed E-state index contributed by atoms with van der Waals surface area (Å²) < 4.78 is 8.92. The van der Waals surface area contributed by atoms with Crippen molar-refractivity contribution in [1.29, 1.82) is 0 Å². The first-order valence-corrected chi connectivity index (χ1v) is 20.1. The molecule has 0 amide bonds. The Morgan fingerprint density at radius 3 is 2.31 bits per heavy atom. The van der Waals surface area contributed by atoms with Crippen LogP contribution in [0, 0.1) is 12.8 Å². The van der Waals surface area contributed by atoms with Crippen LogP contribution < -0.4 is 4.90 Å². The highest BCUT2D eigenvalue weighted by Crippen LogP contribution is 2.54. The third-order valence-corrected chi connectivity index (χ3v) is 12.8. The molecule has 0 bridgehead atoms. The number of fused-ring (bicyclic) bond motifs is 5. The fraction of sp³-hybridized carbons (Fsp3) is 0.388. The van der Waals surface area contributed by atoms with E-state index in [4.69, 9.17) is 14.7 Å². The average Bonchev–Trinajstić information content (AvgIpc) is 3.90. The van der Waals surface area contributed by atoms with Crippen LogP contribution in [0.5, 0.6) is 0 Å². The van der Waals surface area contributed by atoms with Crippen LogP contribution in [-0.4, -0.2) is 27.6 Å². The van der Waals surface area contributed by atoms with Crippen LogP contribution >= 0.6 is 0 Å². The number of hydrogen-bond donors (Lipinski definition) is 0. The molecule has 276 valence electrons. The Bertz CT molecular complexity index is 2490. The highest BCUT2D eigenvalue weighted by molar-refractivity contribution is 6.11. The van der Waals surface area contributed by atoms with E-state index < -0.39 is 0 Å². The molecule has 1 aliphatic carbocycles. The normalized spacial score (nSPS) is 19.7. The third kappa shape index (κ3) is 5.48. The van der Waals surface area contributed by atoms with Gasteiger partial charge >= 0.3 is 0 Å². The lowest BCUT2D eigenvalue weighted by Crippen LogP contribution is -2.32. The SMILES string of the molecule is Cc1ccc2c(c1)c1cc3c(cc1n2-c1cc(C(C)(C)C)ccn1)N(c1cc(C2=N[C@](C)(C4CCCC4)CO2)cc(C(C)C)c1)c1ccccc1C3(C)C. The molecule has 0 unspecified atom stereocenters. The Morgan fingerprint density at radius 2 is 1.56 bits per heavy atom. The molecular weight excluding hydrogens is 661 g/mol. The molecular formula is C49H54N4O. The predicted octanol–water partition coefficient (Wildman–Crippen LogP) is 12.7. The molecule has 2 aliphatic heterocycles. The number of para-hydroxylation sites is 1. The van der Waals surface area contributed by atoms with Gasteiger partial charge in [-0.1, -0.05) is 91.1 Å². The van der Waals surface area contributed by atoms with Crippen molar-refractivity contribution in [2.75, 3.05) is 11.5 Å². The van der Waals surface area contributed by atoms with E-state index in [1.807, 2.05) is 6.20 Å². The summed E-state index contributed by atoms with van der Waals surface area (Å²) >= 11 is 0. The highest BCUT2D eigenvalue weighted by Gasteiger charge is 2.42. The zero-order valence-electron chi connectivity index (χ0n) is 33.5. The number of nitrogens with zero attached hydrogens (tertiary/aromatic N) is 4. The van der Waals surface area contributed by atoms with Gasteiger partial charge < -0.3 is 9.64 Å². The fourth-order valence-corrected chi connectivity index (χ4v) is 9.49. The Morgan fingerprint density at radius 1 is 0.796 bits per heavy atom. The molecule has 5 heteroatoms. The van der Waals surface area contributed by atoms with Gasteiger partial charge in [0, 0.05) is 33.6 Å². The number of benzene rings is 4. The number of ether oxygens (including phenoxy) is 1. The van der Waals surface area contributed by atoms with Crippen molar-refractivity contribution in [1.82, 2.24) is 9.55 Å². The van der Waals surface area contributed by atoms with E-state index in [2.05, 4.69) is 157 Å². The predicted molar refractivity (Wildman–Crippen MR) is 226 cm³/mol. The summed E-state index contributed by atoms with van der Waals surface area (Å²) in [4.78, 5) is 12.9. The number of anilines is 3. The summed E-state index contributed by atoms with van der Waals surface area (Å²) in [7, 11) is 0. The topological polar surface area (TPSA) is 42.7 Å². The Balaban J connectivity index is 1.31. The lowest BCUT2D eigenvalue weighted by atomic mass is 9.73. The minimum atomic E-state index is -0.237. The summed E-state index contributed by atoms with van der Waals surface area (Å²) in [5, 5.41) is 2.50. The second-order valence-electron chi connectivity index (χ2n) is 18.4. The van der Waals surface area contributed by atoms with Gasteiger partial charge in [0.15, 0.2) is 0 Å². The fourth-order valence-electron chi connectivity index (χ4n) is 9.49. The van der Waals surface area contributed by atoms with E-state index >= 15 is 0 Å². The number of aliphatic imine (C=N–C) groups is 1. The molecule has 9 rings (SSSR count). The molecule has 5 nitrogen and oxygen atoms in total. The van der Waals surface area contributed by atoms with Gasteiger partial charge in [0.2, 0.25) is 5.90 Å². The number of aromatic nitrogens is 2. The number of aryl methyl sites for hydroxylation is 1. The molecule has 0 radical (unpaired) electrons. The molecule has 0 saturated heterocycles. The van der Waals surface area contributed by atoms with Crippen molar-refractivity contribution in [3.63, 3.8) is 0 Å². The van der Waals surface area contributed by atoms with Crippen LogP contribution in [0.4, 0.5) is 17.1 Å². The number of rotatable bonds is 5. The first-order valence-electron chi connectivity index (χ1n) is 20.1. The maximum atomic E-state index is 6.54. The molecule has 0 N–H and O–H groups in total. The second-order valence-corrected chi connectivity index (χ2v) is 18.4. The lowest BCUT2D eigenvalue weighted by molar-refractivity contribution is 0.207. The minimum Gasteiger partial charge on any atom is -0.475 e. The summed E-state index contributed by atoms with van der Waals surface area (Å²) in [5.74, 6) is 2.65. The van der Waals surface area contributed by atoms with Crippen LogP contribution in [0.3, 0.4) is 0 Å². The molecule has 4 heterocycles. The van der Waals surface area contributed by atoms with Crippen LogP contribution in [0.2, 0.25) is 0 Å². The summed E-state index contributed by atoms with van der Waals surface area (Å²) in [5.41, 5.74) is 12.9. The zero-order chi connectivity index (χ0) is 37.7. The van der Waals surface area contributed by atoms with Gasteiger partial charge in [0.25, 0.3) is 0 Å². The molecule has 2 aromatic heterocycles. The van der Waals surface area contributed by atoms with E-state index in [9.17, 15) is 0 Å².